The molecular weight excluding hydrogens is 436 g/mol. The van der Waals surface area contributed by atoms with Crippen LogP contribution < -0.4 is 10.4 Å². The SMILES string of the molecule is CCN(CC)c1ccc2cc(-c3ccc(/C=C/NOCC4CC(C)CC(N=O)C4)n3C)ccc2c1. The molecule has 6 nitrogen and oxygen atoms in total. The summed E-state index contributed by atoms with van der Waals surface area (Å²) in [5, 5.41) is 5.77. The highest BCUT2D eigenvalue weighted by Crippen LogP contribution is 2.31. The van der Waals surface area contributed by atoms with Crippen molar-refractivity contribution in [2.24, 2.45) is 24.1 Å². The van der Waals surface area contributed by atoms with Crippen LogP contribution in [0, 0.1) is 16.7 Å². The Hall–Kier alpha value is -3.12. The van der Waals surface area contributed by atoms with Crippen molar-refractivity contribution in [1.29, 1.82) is 0 Å². The third-order valence-electron chi connectivity index (χ3n) is 7.30. The van der Waals surface area contributed by atoms with Gasteiger partial charge in [-0.25, -0.2) is 0 Å². The fourth-order valence-corrected chi connectivity index (χ4v) is 5.42. The van der Waals surface area contributed by atoms with E-state index in [1.165, 1.54) is 27.7 Å². The van der Waals surface area contributed by atoms with Gasteiger partial charge < -0.3 is 9.47 Å². The smallest absolute Gasteiger partial charge is 0.0925 e. The highest BCUT2D eigenvalue weighted by Gasteiger charge is 2.27. The van der Waals surface area contributed by atoms with Crippen molar-refractivity contribution in [1.82, 2.24) is 10.0 Å². The highest BCUT2D eigenvalue weighted by atomic mass is 16.6. The summed E-state index contributed by atoms with van der Waals surface area (Å²) < 4.78 is 2.19. The number of nitrogens with one attached hydrogen (secondary N) is 1. The molecule has 1 aliphatic rings. The molecule has 3 unspecified atom stereocenters. The van der Waals surface area contributed by atoms with Gasteiger partial charge in [-0.2, -0.15) is 4.91 Å². The van der Waals surface area contributed by atoms with Gasteiger partial charge in [0.1, 0.15) is 0 Å². The molecule has 0 bridgehead atoms. The van der Waals surface area contributed by atoms with Crippen LogP contribution in [0.15, 0.2) is 59.9 Å². The Labute approximate surface area is 208 Å². The first-order valence-electron chi connectivity index (χ1n) is 12.8. The molecule has 1 aromatic heterocycles. The van der Waals surface area contributed by atoms with Gasteiger partial charge in [0.05, 0.1) is 12.6 Å². The van der Waals surface area contributed by atoms with Gasteiger partial charge in [0.25, 0.3) is 0 Å². The topological polar surface area (TPSA) is 58.9 Å². The van der Waals surface area contributed by atoms with Crippen molar-refractivity contribution >= 4 is 22.5 Å². The first-order chi connectivity index (χ1) is 17.0. The van der Waals surface area contributed by atoms with Crippen LogP contribution in [0.2, 0.25) is 0 Å². The summed E-state index contributed by atoms with van der Waals surface area (Å²) in [4.78, 5) is 19.0. The van der Waals surface area contributed by atoms with Gasteiger partial charge in [-0.1, -0.05) is 30.3 Å². The van der Waals surface area contributed by atoms with Crippen molar-refractivity contribution < 1.29 is 4.84 Å². The molecule has 1 aliphatic carbocycles. The lowest BCUT2D eigenvalue weighted by Crippen LogP contribution is -2.28. The highest BCUT2D eigenvalue weighted by molar-refractivity contribution is 5.89. The van der Waals surface area contributed by atoms with E-state index >= 15 is 0 Å². The third kappa shape index (κ3) is 5.93. The molecule has 1 heterocycles. The quantitative estimate of drug-likeness (QED) is 0.200. The number of hydroxylamine groups is 1. The van der Waals surface area contributed by atoms with Crippen LogP contribution in [0.1, 0.15) is 45.7 Å². The summed E-state index contributed by atoms with van der Waals surface area (Å²) in [6.07, 6.45) is 6.65. The van der Waals surface area contributed by atoms with E-state index in [9.17, 15) is 4.91 Å². The molecule has 4 rings (SSSR count). The third-order valence-corrected chi connectivity index (χ3v) is 7.30. The second-order valence-corrected chi connectivity index (χ2v) is 9.82. The molecule has 6 heteroatoms. The second kappa shape index (κ2) is 11.5. The fraction of sp³-hybridized carbons (Fsp3) is 0.448. The Balaban J connectivity index is 1.38. The molecule has 2 aromatic carbocycles. The average Bonchev–Trinajstić information content (AvgIpc) is 3.24. The minimum atomic E-state index is -0.0655. The van der Waals surface area contributed by atoms with Crippen LogP contribution in [0.4, 0.5) is 5.69 Å². The van der Waals surface area contributed by atoms with E-state index in [1.54, 1.807) is 0 Å². The summed E-state index contributed by atoms with van der Waals surface area (Å²) in [6, 6.07) is 17.6. The van der Waals surface area contributed by atoms with Crippen molar-refractivity contribution in [3.05, 3.63) is 65.3 Å². The van der Waals surface area contributed by atoms with Crippen LogP contribution in [0.3, 0.4) is 0 Å². The van der Waals surface area contributed by atoms with Gasteiger partial charge in [-0.15, -0.1) is 0 Å². The summed E-state index contributed by atoms with van der Waals surface area (Å²) in [6.45, 7) is 9.18. The Morgan fingerprint density at radius 3 is 2.60 bits per heavy atom. The molecule has 3 aromatic rings. The minimum Gasteiger partial charge on any atom is -0.372 e. The number of aromatic nitrogens is 1. The molecular formula is C29H38N4O2. The standard InChI is InChI=1S/C29H38N4O2/c1-5-33(6-2)28-10-9-23-18-25(8-7-24(23)19-28)29-12-11-27(32(29)4)13-14-30-35-20-22-15-21(3)16-26(17-22)31-34/h7-14,18-19,21-22,26,30H,5-6,15-17,20H2,1-4H3/b14-13+. The zero-order chi connectivity index (χ0) is 24.8. The maximum atomic E-state index is 10.9. The number of nitroso groups, excluding NO2 is 1. The molecule has 1 fully saturated rings. The van der Waals surface area contributed by atoms with E-state index < -0.39 is 0 Å². The number of hydrogen-bond donors (Lipinski definition) is 1. The zero-order valence-electron chi connectivity index (χ0n) is 21.4. The van der Waals surface area contributed by atoms with Gasteiger partial charge in [0.2, 0.25) is 0 Å². The number of hydrogen-bond acceptors (Lipinski definition) is 5. The lowest BCUT2D eigenvalue weighted by molar-refractivity contribution is 0.0257. The number of rotatable bonds is 10. The molecule has 1 N–H and O–H groups in total. The minimum absolute atomic E-state index is 0.0655. The van der Waals surface area contributed by atoms with Gasteiger partial charge in [0, 0.05) is 43.4 Å². The van der Waals surface area contributed by atoms with E-state index in [2.05, 4.69) is 96.5 Å². The van der Waals surface area contributed by atoms with Crippen LogP contribution in [0.5, 0.6) is 0 Å². The second-order valence-electron chi connectivity index (χ2n) is 9.82. The number of anilines is 1. The summed E-state index contributed by atoms with van der Waals surface area (Å²) in [5.41, 5.74) is 7.68. The molecule has 186 valence electrons. The number of nitrogens with zero attached hydrogens (tertiary/aromatic N) is 3. The molecule has 0 aliphatic heterocycles. The van der Waals surface area contributed by atoms with E-state index in [-0.39, 0.29) is 6.04 Å². The van der Waals surface area contributed by atoms with Crippen LogP contribution in [-0.2, 0) is 11.9 Å². The first-order valence-corrected chi connectivity index (χ1v) is 12.8. The molecule has 1 saturated carbocycles. The van der Waals surface area contributed by atoms with E-state index in [4.69, 9.17) is 4.84 Å². The normalized spacial score (nSPS) is 20.4. The van der Waals surface area contributed by atoms with Crippen molar-refractivity contribution in [3.63, 3.8) is 0 Å². The van der Waals surface area contributed by atoms with Gasteiger partial charge >= 0.3 is 0 Å². The van der Waals surface area contributed by atoms with Crippen LogP contribution >= 0.6 is 0 Å². The molecule has 0 saturated heterocycles. The van der Waals surface area contributed by atoms with E-state index in [0.717, 1.165) is 38.0 Å². The lowest BCUT2D eigenvalue weighted by atomic mass is 9.80. The van der Waals surface area contributed by atoms with Crippen molar-refractivity contribution in [2.75, 3.05) is 24.6 Å². The lowest BCUT2D eigenvalue weighted by Gasteiger charge is -2.29. The Morgan fingerprint density at radius 2 is 1.83 bits per heavy atom. The van der Waals surface area contributed by atoms with Gasteiger partial charge in [-0.3, -0.25) is 10.3 Å². The van der Waals surface area contributed by atoms with E-state index in [0.29, 0.717) is 18.4 Å². The maximum absolute atomic E-state index is 10.9. The summed E-state index contributed by atoms with van der Waals surface area (Å²) >= 11 is 0. The van der Waals surface area contributed by atoms with Crippen molar-refractivity contribution in [3.8, 4) is 11.3 Å². The van der Waals surface area contributed by atoms with Gasteiger partial charge in [-0.05, 0) is 97.7 Å². The molecule has 35 heavy (non-hydrogen) atoms. The number of fused-ring (bicyclic) bond motifs is 1. The van der Waals surface area contributed by atoms with Crippen LogP contribution in [-0.4, -0.2) is 30.3 Å². The maximum Gasteiger partial charge on any atom is 0.0925 e. The summed E-state index contributed by atoms with van der Waals surface area (Å²) in [5.74, 6) is 0.900. The molecule has 0 radical (unpaired) electrons. The monoisotopic (exact) mass is 474 g/mol. The predicted octanol–water partition coefficient (Wildman–Crippen LogP) is 6.75. The van der Waals surface area contributed by atoms with Gasteiger partial charge in [0.15, 0.2) is 0 Å². The Morgan fingerprint density at radius 1 is 1.06 bits per heavy atom. The fourth-order valence-electron chi connectivity index (χ4n) is 5.42. The molecule has 0 spiro atoms. The largest absolute Gasteiger partial charge is 0.372 e. The average molecular weight is 475 g/mol. The van der Waals surface area contributed by atoms with Crippen molar-refractivity contribution in [2.45, 2.75) is 46.1 Å². The van der Waals surface area contributed by atoms with E-state index in [1.807, 2.05) is 12.3 Å². The zero-order valence-corrected chi connectivity index (χ0v) is 21.4. The summed E-state index contributed by atoms with van der Waals surface area (Å²) in [7, 11) is 2.08. The Kier molecular flexibility index (Phi) is 8.24. The molecule has 3 atom stereocenters. The Bertz CT molecular complexity index is 1160. The molecule has 0 amide bonds. The van der Waals surface area contributed by atoms with Crippen LogP contribution in [0.25, 0.3) is 28.1 Å². The number of benzene rings is 2. The first kappa shape index (κ1) is 25.0. The predicted molar refractivity (Wildman–Crippen MR) is 146 cm³/mol.